The van der Waals surface area contributed by atoms with Gasteiger partial charge in [-0.05, 0) is 24.3 Å². The number of ether oxygens (including phenoxy) is 2. The monoisotopic (exact) mass is 302 g/mol. The van der Waals surface area contributed by atoms with E-state index in [9.17, 15) is 13.2 Å². The van der Waals surface area contributed by atoms with Gasteiger partial charge in [0, 0.05) is 13.6 Å². The van der Waals surface area contributed by atoms with Crippen molar-refractivity contribution in [1.82, 2.24) is 4.31 Å². The van der Waals surface area contributed by atoms with Crippen LogP contribution in [0.1, 0.15) is 0 Å². The highest BCUT2D eigenvalue weighted by Gasteiger charge is 2.20. The standard InChI is InChI=1S/C12H18N2O5S/c1-14(7-8-19-9-12(13)15)20(16,17)11-5-3-10(18-2)4-6-11/h3-6H,7-9H2,1-2H3,(H2,13,15). The fourth-order valence-electron chi connectivity index (χ4n) is 1.41. The van der Waals surface area contributed by atoms with E-state index in [2.05, 4.69) is 0 Å². The minimum Gasteiger partial charge on any atom is -0.497 e. The van der Waals surface area contributed by atoms with Gasteiger partial charge in [-0.15, -0.1) is 0 Å². The molecule has 2 N–H and O–H groups in total. The number of nitrogens with two attached hydrogens (primary N) is 1. The van der Waals surface area contributed by atoms with Crippen LogP contribution in [0.2, 0.25) is 0 Å². The summed E-state index contributed by atoms with van der Waals surface area (Å²) < 4.78 is 35.4. The molecule has 0 aromatic heterocycles. The number of likely N-dealkylation sites (N-methyl/N-ethyl adjacent to an activating group) is 1. The number of hydrogen-bond acceptors (Lipinski definition) is 5. The molecule has 0 saturated heterocycles. The van der Waals surface area contributed by atoms with E-state index in [-0.39, 0.29) is 24.7 Å². The molecule has 0 aliphatic heterocycles. The maximum Gasteiger partial charge on any atom is 0.243 e. The first-order chi connectivity index (χ1) is 9.37. The normalized spacial score (nSPS) is 11.6. The quantitative estimate of drug-likeness (QED) is 0.671. The Hall–Kier alpha value is -1.64. The van der Waals surface area contributed by atoms with Gasteiger partial charge in [-0.3, -0.25) is 4.79 Å². The molecule has 0 fully saturated rings. The maximum absolute atomic E-state index is 12.2. The van der Waals surface area contributed by atoms with Gasteiger partial charge in [-0.2, -0.15) is 4.31 Å². The summed E-state index contributed by atoms with van der Waals surface area (Å²) in [5.74, 6) is -0.0120. The number of sulfonamides is 1. The molecule has 0 aliphatic rings. The molecule has 0 radical (unpaired) electrons. The predicted molar refractivity (Wildman–Crippen MR) is 72.8 cm³/mol. The van der Waals surface area contributed by atoms with Crippen LogP contribution >= 0.6 is 0 Å². The number of methoxy groups -OCH3 is 1. The smallest absolute Gasteiger partial charge is 0.243 e. The molecule has 8 heteroatoms. The van der Waals surface area contributed by atoms with E-state index < -0.39 is 15.9 Å². The number of primary amides is 1. The lowest BCUT2D eigenvalue weighted by Gasteiger charge is -2.17. The molecule has 0 saturated carbocycles. The molecular weight excluding hydrogens is 284 g/mol. The Balaban J connectivity index is 2.64. The number of carbonyl (C=O) groups is 1. The third-order valence-corrected chi connectivity index (χ3v) is 4.43. The van der Waals surface area contributed by atoms with E-state index in [0.717, 1.165) is 4.31 Å². The van der Waals surface area contributed by atoms with Gasteiger partial charge >= 0.3 is 0 Å². The van der Waals surface area contributed by atoms with Crippen molar-refractivity contribution in [2.75, 3.05) is 33.9 Å². The highest BCUT2D eigenvalue weighted by molar-refractivity contribution is 7.89. The van der Waals surface area contributed by atoms with Crippen molar-refractivity contribution in [3.63, 3.8) is 0 Å². The van der Waals surface area contributed by atoms with Crippen molar-refractivity contribution >= 4 is 15.9 Å². The molecule has 20 heavy (non-hydrogen) atoms. The van der Waals surface area contributed by atoms with Crippen LogP contribution < -0.4 is 10.5 Å². The van der Waals surface area contributed by atoms with Crippen LogP contribution in [0.3, 0.4) is 0 Å². The molecule has 1 amide bonds. The fraction of sp³-hybridized carbons (Fsp3) is 0.417. The van der Waals surface area contributed by atoms with E-state index in [1.807, 2.05) is 0 Å². The summed E-state index contributed by atoms with van der Waals surface area (Å²) in [7, 11) is -0.640. The summed E-state index contributed by atoms with van der Waals surface area (Å²) in [5, 5.41) is 0. The second-order valence-corrected chi connectivity index (χ2v) is 6.07. The van der Waals surface area contributed by atoms with Crippen molar-refractivity contribution in [3.05, 3.63) is 24.3 Å². The summed E-state index contributed by atoms with van der Waals surface area (Å²) in [5.41, 5.74) is 4.91. The zero-order chi connectivity index (χ0) is 15.2. The van der Waals surface area contributed by atoms with E-state index in [1.54, 1.807) is 12.1 Å². The number of rotatable bonds is 8. The van der Waals surface area contributed by atoms with Crippen LogP contribution in [-0.4, -0.2) is 52.5 Å². The molecule has 0 heterocycles. The molecule has 1 aromatic rings. The molecular formula is C12H18N2O5S. The third-order valence-electron chi connectivity index (χ3n) is 2.56. The molecule has 0 bridgehead atoms. The van der Waals surface area contributed by atoms with Crippen molar-refractivity contribution in [1.29, 1.82) is 0 Å². The summed E-state index contributed by atoms with van der Waals surface area (Å²) >= 11 is 0. The largest absolute Gasteiger partial charge is 0.497 e. The van der Waals surface area contributed by atoms with Crippen LogP contribution in [0.4, 0.5) is 0 Å². The van der Waals surface area contributed by atoms with Crippen LogP contribution in [0.25, 0.3) is 0 Å². The zero-order valence-electron chi connectivity index (χ0n) is 11.4. The third kappa shape index (κ3) is 4.48. The Morgan fingerprint density at radius 3 is 2.40 bits per heavy atom. The van der Waals surface area contributed by atoms with Crippen LogP contribution in [-0.2, 0) is 19.6 Å². The lowest BCUT2D eigenvalue weighted by atomic mass is 10.3. The molecule has 0 unspecified atom stereocenters. The minimum absolute atomic E-state index is 0.0921. The molecule has 1 aromatic carbocycles. The number of carbonyl (C=O) groups excluding carboxylic acids is 1. The lowest BCUT2D eigenvalue weighted by Crippen LogP contribution is -2.31. The molecule has 7 nitrogen and oxygen atoms in total. The van der Waals surface area contributed by atoms with Crippen LogP contribution in [0.15, 0.2) is 29.2 Å². The molecule has 0 spiro atoms. The first-order valence-electron chi connectivity index (χ1n) is 5.84. The Morgan fingerprint density at radius 1 is 1.30 bits per heavy atom. The van der Waals surface area contributed by atoms with E-state index in [0.29, 0.717) is 5.75 Å². The van der Waals surface area contributed by atoms with Crippen molar-refractivity contribution < 1.29 is 22.7 Å². The average Bonchev–Trinajstić information content (AvgIpc) is 2.43. The number of benzene rings is 1. The van der Waals surface area contributed by atoms with Gasteiger partial charge in [0.2, 0.25) is 15.9 Å². The van der Waals surface area contributed by atoms with Gasteiger partial charge in [-0.25, -0.2) is 8.42 Å². The van der Waals surface area contributed by atoms with Gasteiger partial charge in [0.1, 0.15) is 12.4 Å². The van der Waals surface area contributed by atoms with E-state index >= 15 is 0 Å². The van der Waals surface area contributed by atoms with Crippen LogP contribution in [0.5, 0.6) is 5.75 Å². The fourth-order valence-corrected chi connectivity index (χ4v) is 2.57. The SMILES string of the molecule is COc1ccc(S(=O)(=O)N(C)CCOCC(N)=O)cc1. The first kappa shape index (κ1) is 16.4. The minimum atomic E-state index is -3.58. The lowest BCUT2D eigenvalue weighted by molar-refractivity contribution is -0.122. The van der Waals surface area contributed by atoms with Crippen molar-refractivity contribution in [2.45, 2.75) is 4.90 Å². The molecule has 112 valence electrons. The van der Waals surface area contributed by atoms with Crippen LogP contribution in [0, 0.1) is 0 Å². The second-order valence-electron chi connectivity index (χ2n) is 4.02. The molecule has 1 rings (SSSR count). The predicted octanol–water partition coefficient (Wildman–Crippen LogP) is -0.182. The van der Waals surface area contributed by atoms with Crippen molar-refractivity contribution in [3.8, 4) is 5.75 Å². The Bertz CT molecular complexity index is 541. The maximum atomic E-state index is 12.2. The Morgan fingerprint density at radius 2 is 1.90 bits per heavy atom. The van der Waals surface area contributed by atoms with Gasteiger partial charge in [0.05, 0.1) is 18.6 Å². The highest BCUT2D eigenvalue weighted by atomic mass is 32.2. The van der Waals surface area contributed by atoms with E-state index in [1.165, 1.54) is 26.3 Å². The number of nitrogens with zero attached hydrogens (tertiary/aromatic N) is 1. The van der Waals surface area contributed by atoms with Gasteiger partial charge in [0.25, 0.3) is 0 Å². The topological polar surface area (TPSA) is 98.9 Å². The van der Waals surface area contributed by atoms with Gasteiger partial charge in [-0.1, -0.05) is 0 Å². The second kappa shape index (κ2) is 7.22. The molecule has 0 aliphatic carbocycles. The summed E-state index contributed by atoms with van der Waals surface area (Å²) in [4.78, 5) is 10.6. The highest BCUT2D eigenvalue weighted by Crippen LogP contribution is 2.18. The zero-order valence-corrected chi connectivity index (χ0v) is 12.2. The summed E-state index contributed by atoms with van der Waals surface area (Å²) in [6.45, 7) is -0.00705. The molecule has 0 atom stereocenters. The summed E-state index contributed by atoms with van der Waals surface area (Å²) in [6, 6.07) is 6.08. The van der Waals surface area contributed by atoms with Crippen molar-refractivity contribution in [2.24, 2.45) is 5.73 Å². The van der Waals surface area contributed by atoms with E-state index in [4.69, 9.17) is 15.2 Å². The first-order valence-corrected chi connectivity index (χ1v) is 7.28. The van der Waals surface area contributed by atoms with Gasteiger partial charge < -0.3 is 15.2 Å². The number of amides is 1. The number of hydrogen-bond donors (Lipinski definition) is 1. The Labute approximate surface area is 118 Å². The summed E-state index contributed by atoms with van der Waals surface area (Å²) in [6.07, 6.45) is 0. The Kier molecular flexibility index (Phi) is 5.93. The van der Waals surface area contributed by atoms with Gasteiger partial charge in [0.15, 0.2) is 0 Å². The average molecular weight is 302 g/mol.